The molecule has 132 valence electrons. The highest BCUT2D eigenvalue weighted by Gasteiger charge is 2.34. The van der Waals surface area contributed by atoms with E-state index in [2.05, 4.69) is 18.4 Å². The van der Waals surface area contributed by atoms with Gasteiger partial charge >= 0.3 is 0 Å². The molecule has 4 nitrogen and oxygen atoms in total. The van der Waals surface area contributed by atoms with Gasteiger partial charge in [-0.15, -0.1) is 6.58 Å². The summed E-state index contributed by atoms with van der Waals surface area (Å²) < 4.78 is 10.6. The van der Waals surface area contributed by atoms with Crippen LogP contribution in [0.1, 0.15) is 32.3 Å². The first kappa shape index (κ1) is 20.2. The van der Waals surface area contributed by atoms with Crippen LogP contribution < -0.4 is 4.74 Å². The van der Waals surface area contributed by atoms with Gasteiger partial charge in [-0.1, -0.05) is 43.9 Å². The van der Waals surface area contributed by atoms with Gasteiger partial charge in [-0.2, -0.15) is 0 Å². The number of hydrogen-bond acceptors (Lipinski definition) is 4. The van der Waals surface area contributed by atoms with Crippen LogP contribution in [0, 0.1) is 17.3 Å². The lowest BCUT2D eigenvalue weighted by molar-refractivity contribution is -0.0428. The molecule has 0 aliphatic heterocycles. The van der Waals surface area contributed by atoms with Crippen LogP contribution in [0.5, 0.6) is 5.75 Å². The molecular formula is C20H28O4. The lowest BCUT2D eigenvalue weighted by Crippen LogP contribution is -2.40. The summed E-state index contributed by atoms with van der Waals surface area (Å²) in [4.78, 5) is 0. The molecular weight excluding hydrogens is 304 g/mol. The van der Waals surface area contributed by atoms with Gasteiger partial charge in [0.05, 0.1) is 25.9 Å². The largest absolute Gasteiger partial charge is 0.497 e. The van der Waals surface area contributed by atoms with E-state index in [0.29, 0.717) is 26.1 Å². The number of ether oxygens (including phenoxy) is 2. The standard InChI is InChI=1S/C20H28O4/c1-5-8-18(21)20(2,3)19(22)9-6-7-14-24-15-16-10-12-17(23-4)13-11-16/h5,10-13,18-19,21-22H,1,8-9,14-15H2,2-4H3/t18-,19-/m1/s1. The summed E-state index contributed by atoms with van der Waals surface area (Å²) in [6.07, 6.45) is 1.05. The molecule has 4 heteroatoms. The monoisotopic (exact) mass is 332 g/mol. The van der Waals surface area contributed by atoms with Gasteiger partial charge in [-0.25, -0.2) is 0 Å². The molecule has 0 saturated heterocycles. The summed E-state index contributed by atoms with van der Waals surface area (Å²) >= 11 is 0. The molecule has 0 aliphatic rings. The Balaban J connectivity index is 2.34. The molecule has 2 N–H and O–H groups in total. The number of hydrogen-bond donors (Lipinski definition) is 2. The summed E-state index contributed by atoms with van der Waals surface area (Å²) in [6.45, 7) is 8.04. The Morgan fingerprint density at radius 3 is 2.42 bits per heavy atom. The molecule has 0 heterocycles. The summed E-state index contributed by atoms with van der Waals surface area (Å²) in [5.74, 6) is 6.62. The Kier molecular flexibility index (Phi) is 8.56. The first-order valence-electron chi connectivity index (χ1n) is 8.05. The first-order chi connectivity index (χ1) is 11.4. The van der Waals surface area contributed by atoms with Crippen LogP contribution in [-0.4, -0.2) is 36.1 Å². The van der Waals surface area contributed by atoms with Gasteiger partial charge in [0.25, 0.3) is 0 Å². The van der Waals surface area contributed by atoms with Gasteiger partial charge in [-0.05, 0) is 24.1 Å². The highest BCUT2D eigenvalue weighted by atomic mass is 16.5. The first-order valence-corrected chi connectivity index (χ1v) is 8.05. The van der Waals surface area contributed by atoms with E-state index in [4.69, 9.17) is 9.47 Å². The molecule has 0 unspecified atom stereocenters. The minimum absolute atomic E-state index is 0.299. The molecule has 0 saturated carbocycles. The van der Waals surface area contributed by atoms with Crippen molar-refractivity contribution >= 4 is 0 Å². The van der Waals surface area contributed by atoms with Gasteiger partial charge in [0.15, 0.2) is 0 Å². The van der Waals surface area contributed by atoms with Crippen LogP contribution in [0.3, 0.4) is 0 Å². The van der Waals surface area contributed by atoms with Crippen molar-refractivity contribution in [1.29, 1.82) is 0 Å². The quantitative estimate of drug-likeness (QED) is 0.415. The van der Waals surface area contributed by atoms with E-state index in [1.807, 2.05) is 38.1 Å². The third-order valence-electron chi connectivity index (χ3n) is 4.13. The third kappa shape index (κ3) is 6.37. The Hall–Kier alpha value is -1.80. The van der Waals surface area contributed by atoms with Crippen LogP contribution in [-0.2, 0) is 11.3 Å². The topological polar surface area (TPSA) is 58.9 Å². The van der Waals surface area contributed by atoms with E-state index in [1.54, 1.807) is 13.2 Å². The minimum Gasteiger partial charge on any atom is -0.497 e. The van der Waals surface area contributed by atoms with E-state index in [-0.39, 0.29) is 0 Å². The fourth-order valence-electron chi connectivity index (χ4n) is 2.11. The Morgan fingerprint density at radius 1 is 1.17 bits per heavy atom. The van der Waals surface area contributed by atoms with Crippen LogP contribution in [0.15, 0.2) is 36.9 Å². The summed E-state index contributed by atoms with van der Waals surface area (Å²) in [5.41, 5.74) is 0.415. The number of aliphatic hydroxyl groups is 2. The molecule has 0 aliphatic carbocycles. The molecule has 0 amide bonds. The average molecular weight is 332 g/mol. The van der Waals surface area contributed by atoms with Crippen molar-refractivity contribution in [2.45, 2.75) is 45.5 Å². The van der Waals surface area contributed by atoms with Crippen molar-refractivity contribution in [2.75, 3.05) is 13.7 Å². The fraction of sp³-hybridized carbons (Fsp3) is 0.500. The fourth-order valence-corrected chi connectivity index (χ4v) is 2.11. The molecule has 0 aromatic heterocycles. The Labute approximate surface area is 145 Å². The smallest absolute Gasteiger partial charge is 0.118 e. The maximum absolute atomic E-state index is 10.2. The van der Waals surface area contributed by atoms with Gasteiger partial charge in [0, 0.05) is 11.8 Å². The van der Waals surface area contributed by atoms with E-state index in [1.165, 1.54) is 0 Å². The van der Waals surface area contributed by atoms with E-state index in [0.717, 1.165) is 11.3 Å². The lowest BCUT2D eigenvalue weighted by atomic mass is 9.78. The predicted molar refractivity (Wildman–Crippen MR) is 95.7 cm³/mol. The molecule has 0 radical (unpaired) electrons. The molecule has 24 heavy (non-hydrogen) atoms. The zero-order valence-electron chi connectivity index (χ0n) is 14.8. The van der Waals surface area contributed by atoms with Crippen LogP contribution in [0.2, 0.25) is 0 Å². The molecule has 0 spiro atoms. The van der Waals surface area contributed by atoms with Crippen molar-refractivity contribution in [1.82, 2.24) is 0 Å². The van der Waals surface area contributed by atoms with Crippen LogP contribution in [0.25, 0.3) is 0 Å². The maximum Gasteiger partial charge on any atom is 0.118 e. The predicted octanol–water partition coefficient (Wildman–Crippen LogP) is 2.93. The van der Waals surface area contributed by atoms with Gasteiger partial charge in [0.2, 0.25) is 0 Å². The molecule has 1 aromatic carbocycles. The number of rotatable bonds is 9. The molecule has 0 bridgehead atoms. The average Bonchev–Trinajstić information content (AvgIpc) is 2.58. The minimum atomic E-state index is -0.707. The third-order valence-corrected chi connectivity index (χ3v) is 4.13. The molecule has 1 aromatic rings. The summed E-state index contributed by atoms with van der Waals surface area (Å²) in [5, 5.41) is 20.2. The van der Waals surface area contributed by atoms with E-state index >= 15 is 0 Å². The van der Waals surface area contributed by atoms with Gasteiger partial charge in [0.1, 0.15) is 12.4 Å². The second kappa shape index (κ2) is 10.1. The highest BCUT2D eigenvalue weighted by molar-refractivity contribution is 5.26. The van der Waals surface area contributed by atoms with Crippen molar-refractivity contribution in [3.05, 3.63) is 42.5 Å². The van der Waals surface area contributed by atoms with Crippen molar-refractivity contribution in [3.8, 4) is 17.6 Å². The van der Waals surface area contributed by atoms with Crippen molar-refractivity contribution < 1.29 is 19.7 Å². The second-order valence-electron chi connectivity index (χ2n) is 6.28. The second-order valence-corrected chi connectivity index (χ2v) is 6.28. The van der Waals surface area contributed by atoms with E-state index in [9.17, 15) is 10.2 Å². The number of methoxy groups -OCH3 is 1. The van der Waals surface area contributed by atoms with Crippen molar-refractivity contribution in [2.24, 2.45) is 5.41 Å². The maximum atomic E-state index is 10.2. The number of aliphatic hydroxyl groups excluding tert-OH is 2. The Morgan fingerprint density at radius 2 is 1.83 bits per heavy atom. The van der Waals surface area contributed by atoms with Crippen molar-refractivity contribution in [3.63, 3.8) is 0 Å². The number of benzene rings is 1. The van der Waals surface area contributed by atoms with Gasteiger partial charge in [-0.3, -0.25) is 0 Å². The van der Waals surface area contributed by atoms with Crippen LogP contribution in [0.4, 0.5) is 0 Å². The molecule has 2 atom stereocenters. The summed E-state index contributed by atoms with van der Waals surface area (Å²) in [7, 11) is 1.63. The summed E-state index contributed by atoms with van der Waals surface area (Å²) in [6, 6.07) is 7.66. The lowest BCUT2D eigenvalue weighted by Gasteiger charge is -2.34. The molecule has 0 fully saturated rings. The Bertz CT molecular complexity index is 551. The van der Waals surface area contributed by atoms with Gasteiger partial charge < -0.3 is 19.7 Å². The SMILES string of the molecule is C=CC[C@@H](O)C(C)(C)[C@H](O)CC#CCOCc1ccc(OC)cc1. The highest BCUT2D eigenvalue weighted by Crippen LogP contribution is 2.29. The zero-order chi connectivity index (χ0) is 18.0. The normalized spacial score (nSPS) is 13.5. The molecule has 1 rings (SSSR count). The zero-order valence-corrected chi connectivity index (χ0v) is 14.8. The van der Waals surface area contributed by atoms with Crippen LogP contribution >= 0.6 is 0 Å². The van der Waals surface area contributed by atoms with E-state index < -0.39 is 17.6 Å².